The molecule has 47 heavy (non-hydrogen) atoms. The van der Waals surface area contributed by atoms with Gasteiger partial charge in [0, 0.05) is 28.5 Å². The maximum atomic E-state index is 6.04. The van der Waals surface area contributed by atoms with Gasteiger partial charge in [-0.15, -0.1) is 10.2 Å². The van der Waals surface area contributed by atoms with E-state index in [0.29, 0.717) is 11.8 Å². The van der Waals surface area contributed by atoms with Gasteiger partial charge in [-0.1, -0.05) is 127 Å². The average molecular weight is 602 g/mol. The molecule has 0 atom stereocenters. The molecule has 2 heterocycles. The van der Waals surface area contributed by atoms with Gasteiger partial charge in [0.15, 0.2) is 0 Å². The van der Waals surface area contributed by atoms with Gasteiger partial charge in [0.2, 0.25) is 11.8 Å². The molecule has 0 saturated carbocycles. The number of fused-ring (bicyclic) bond motifs is 3. The lowest BCUT2D eigenvalue weighted by Gasteiger charge is -2.18. The van der Waals surface area contributed by atoms with Gasteiger partial charge in [0.1, 0.15) is 0 Å². The van der Waals surface area contributed by atoms with Gasteiger partial charge in [-0.25, -0.2) is 0 Å². The molecule has 2 aromatic heterocycles. The number of nitrogens with zero attached hydrogens (tertiary/aromatic N) is 3. The minimum atomic E-state index is 0.500. The lowest BCUT2D eigenvalue weighted by Crippen LogP contribution is -1.92. The summed E-state index contributed by atoms with van der Waals surface area (Å²) in [5, 5.41) is 15.8. The van der Waals surface area contributed by atoms with E-state index in [-0.39, 0.29) is 0 Å². The van der Waals surface area contributed by atoms with Crippen molar-refractivity contribution in [3.63, 3.8) is 0 Å². The van der Waals surface area contributed by atoms with Crippen molar-refractivity contribution in [1.29, 1.82) is 0 Å². The lowest BCUT2D eigenvalue weighted by molar-refractivity contribution is 0.584. The van der Waals surface area contributed by atoms with Crippen LogP contribution in [0, 0.1) is 0 Å². The first kappa shape index (κ1) is 27.0. The van der Waals surface area contributed by atoms with Crippen molar-refractivity contribution < 1.29 is 4.42 Å². The predicted molar refractivity (Wildman–Crippen MR) is 192 cm³/mol. The van der Waals surface area contributed by atoms with Gasteiger partial charge >= 0.3 is 0 Å². The van der Waals surface area contributed by atoms with Crippen LogP contribution in [0.2, 0.25) is 0 Å². The van der Waals surface area contributed by atoms with E-state index in [2.05, 4.69) is 138 Å². The normalized spacial score (nSPS) is 11.4. The van der Waals surface area contributed by atoms with Gasteiger partial charge in [-0.2, -0.15) is 0 Å². The zero-order chi connectivity index (χ0) is 31.2. The fraction of sp³-hybridized carbons (Fsp3) is 0. The van der Waals surface area contributed by atoms with Crippen LogP contribution in [0.25, 0.3) is 88.7 Å². The third-order valence-corrected chi connectivity index (χ3v) is 8.92. The molecule has 7 aromatic carbocycles. The van der Waals surface area contributed by atoms with Crippen LogP contribution in [0.15, 0.2) is 168 Å². The first-order valence-electron chi connectivity index (χ1n) is 15.7. The van der Waals surface area contributed by atoms with Gasteiger partial charge in [-0.3, -0.25) is 4.98 Å². The Bertz CT molecular complexity index is 2490. The van der Waals surface area contributed by atoms with Gasteiger partial charge in [-0.05, 0) is 79.3 Å². The van der Waals surface area contributed by atoms with E-state index in [1.807, 2.05) is 36.5 Å². The molecule has 4 nitrogen and oxygen atoms in total. The molecule has 0 radical (unpaired) electrons. The monoisotopic (exact) mass is 601 g/mol. The number of benzene rings is 7. The predicted octanol–water partition coefficient (Wildman–Crippen LogP) is 11.3. The second kappa shape index (κ2) is 11.2. The maximum Gasteiger partial charge on any atom is 0.248 e. The molecule has 0 aliphatic rings. The Morgan fingerprint density at radius 2 is 0.851 bits per heavy atom. The third kappa shape index (κ3) is 4.66. The molecule has 9 aromatic rings. The van der Waals surface area contributed by atoms with Crippen LogP contribution in [-0.4, -0.2) is 15.2 Å². The summed E-state index contributed by atoms with van der Waals surface area (Å²) < 4.78 is 6.04. The highest BCUT2D eigenvalue weighted by molar-refractivity contribution is 6.21. The number of hydrogen-bond acceptors (Lipinski definition) is 4. The highest BCUT2D eigenvalue weighted by atomic mass is 16.4. The van der Waals surface area contributed by atoms with Crippen LogP contribution < -0.4 is 0 Å². The maximum absolute atomic E-state index is 6.04. The molecule has 0 saturated heterocycles. The molecule has 4 heteroatoms. The van der Waals surface area contributed by atoms with Crippen molar-refractivity contribution >= 4 is 32.3 Å². The Labute approximate surface area is 271 Å². The Kier molecular flexibility index (Phi) is 6.43. The van der Waals surface area contributed by atoms with Gasteiger partial charge in [0.25, 0.3) is 0 Å². The topological polar surface area (TPSA) is 51.8 Å². The first-order valence-corrected chi connectivity index (χ1v) is 15.7. The molecule has 0 N–H and O–H groups in total. The van der Waals surface area contributed by atoms with E-state index in [1.54, 1.807) is 0 Å². The molecular formula is C43H27N3O. The van der Waals surface area contributed by atoms with Crippen LogP contribution >= 0.6 is 0 Å². The average Bonchev–Trinajstić information content (AvgIpc) is 3.65. The molecule has 0 aliphatic carbocycles. The highest BCUT2D eigenvalue weighted by Crippen LogP contribution is 2.44. The summed E-state index contributed by atoms with van der Waals surface area (Å²) in [6.07, 6.45) is 2.02. The molecule has 0 bridgehead atoms. The van der Waals surface area contributed by atoms with Crippen LogP contribution in [0.5, 0.6) is 0 Å². The van der Waals surface area contributed by atoms with Gasteiger partial charge in [0.05, 0.1) is 5.69 Å². The molecule has 0 unspecified atom stereocenters. The van der Waals surface area contributed by atoms with Crippen LogP contribution in [-0.2, 0) is 0 Å². The molecule has 0 fully saturated rings. The van der Waals surface area contributed by atoms with E-state index in [4.69, 9.17) is 9.40 Å². The molecule has 0 amide bonds. The third-order valence-electron chi connectivity index (χ3n) is 8.92. The van der Waals surface area contributed by atoms with E-state index in [0.717, 1.165) is 33.5 Å². The van der Waals surface area contributed by atoms with E-state index in [9.17, 15) is 0 Å². The van der Waals surface area contributed by atoms with E-state index >= 15 is 0 Å². The summed E-state index contributed by atoms with van der Waals surface area (Å²) in [4.78, 5) is 5.01. The second-order valence-corrected chi connectivity index (χ2v) is 11.7. The number of aromatic nitrogens is 3. The van der Waals surface area contributed by atoms with Crippen molar-refractivity contribution in [2.75, 3.05) is 0 Å². The molecule has 220 valence electrons. The molecule has 9 rings (SSSR count). The second-order valence-electron chi connectivity index (χ2n) is 11.7. The van der Waals surface area contributed by atoms with E-state index < -0.39 is 0 Å². The zero-order valence-electron chi connectivity index (χ0n) is 25.3. The first-order chi connectivity index (χ1) is 23.3. The summed E-state index contributed by atoms with van der Waals surface area (Å²) in [6, 6.07) is 54.8. The van der Waals surface area contributed by atoms with Gasteiger partial charge < -0.3 is 4.42 Å². The zero-order valence-corrected chi connectivity index (χ0v) is 25.3. The SMILES string of the molecule is c1ccc(-c2nnc(-c3ccc(-c4c5ccccc5c(-c5ccc(-c6cccc7ccccc67)nc5)c5ccccc45)cc3)o2)cc1. The van der Waals surface area contributed by atoms with Crippen molar-refractivity contribution in [2.24, 2.45) is 0 Å². The fourth-order valence-corrected chi connectivity index (χ4v) is 6.72. The standard InChI is InChI=1S/C43H27N3O/c1-2-12-30(13-3-1)42-45-46-43(47-42)31-23-21-29(22-24-31)40-35-16-6-8-18-37(35)41(38-19-9-7-17-36(38)40)32-25-26-39(44-27-32)34-20-10-14-28-11-4-5-15-33(28)34/h1-27H. The van der Waals surface area contributed by atoms with Crippen molar-refractivity contribution in [3.05, 3.63) is 164 Å². The molecular weight excluding hydrogens is 574 g/mol. The minimum Gasteiger partial charge on any atom is -0.416 e. The molecule has 0 aliphatic heterocycles. The Balaban J connectivity index is 1.15. The minimum absolute atomic E-state index is 0.500. The van der Waals surface area contributed by atoms with Crippen LogP contribution in [0.3, 0.4) is 0 Å². The summed E-state index contributed by atoms with van der Waals surface area (Å²) in [5.41, 5.74) is 8.49. The number of pyridine rings is 1. The summed E-state index contributed by atoms with van der Waals surface area (Å²) >= 11 is 0. The summed E-state index contributed by atoms with van der Waals surface area (Å²) in [5.74, 6) is 1.01. The number of rotatable bonds is 5. The highest BCUT2D eigenvalue weighted by Gasteiger charge is 2.18. The van der Waals surface area contributed by atoms with Crippen molar-refractivity contribution in [1.82, 2.24) is 15.2 Å². The van der Waals surface area contributed by atoms with Crippen molar-refractivity contribution in [3.8, 4) is 56.4 Å². The Morgan fingerprint density at radius 3 is 1.47 bits per heavy atom. The molecule has 0 spiro atoms. The largest absolute Gasteiger partial charge is 0.416 e. The van der Waals surface area contributed by atoms with Crippen LogP contribution in [0.1, 0.15) is 0 Å². The van der Waals surface area contributed by atoms with Crippen molar-refractivity contribution in [2.45, 2.75) is 0 Å². The quantitative estimate of drug-likeness (QED) is 0.184. The number of hydrogen-bond donors (Lipinski definition) is 0. The smallest absolute Gasteiger partial charge is 0.248 e. The van der Waals surface area contributed by atoms with Crippen LogP contribution in [0.4, 0.5) is 0 Å². The summed E-state index contributed by atoms with van der Waals surface area (Å²) in [6.45, 7) is 0. The Morgan fingerprint density at radius 1 is 0.362 bits per heavy atom. The lowest BCUT2D eigenvalue weighted by atomic mass is 9.86. The fourth-order valence-electron chi connectivity index (χ4n) is 6.72. The summed E-state index contributed by atoms with van der Waals surface area (Å²) in [7, 11) is 0. The van der Waals surface area contributed by atoms with E-state index in [1.165, 1.54) is 43.4 Å². The Hall–Kier alpha value is -6.39.